The number of aliphatic imine (C=N–C) groups is 1. The van der Waals surface area contributed by atoms with E-state index >= 15 is 0 Å². The van der Waals surface area contributed by atoms with E-state index in [-0.39, 0.29) is 29.9 Å². The predicted molar refractivity (Wildman–Crippen MR) is 130 cm³/mol. The Morgan fingerprint density at radius 2 is 1.88 bits per heavy atom. The van der Waals surface area contributed by atoms with Crippen molar-refractivity contribution in [2.45, 2.75) is 6.42 Å². The summed E-state index contributed by atoms with van der Waals surface area (Å²) in [5.74, 6) is -0.165. The molecule has 0 saturated carbocycles. The van der Waals surface area contributed by atoms with Gasteiger partial charge in [0.2, 0.25) is 0 Å². The van der Waals surface area contributed by atoms with Crippen molar-refractivity contribution in [3.8, 4) is 0 Å². The lowest BCUT2D eigenvalue weighted by molar-refractivity contribution is 0.0657. The normalized spacial score (nSPS) is 19.2. The second kappa shape index (κ2) is 11.0. The Kier molecular flexibility index (Phi) is 8.32. The number of carbonyl (C=O) groups excluding carboxylic acids is 1. The number of nitrogens with zero attached hydrogens (tertiary/aromatic N) is 4. The zero-order chi connectivity index (χ0) is 21.8. The summed E-state index contributed by atoms with van der Waals surface area (Å²) in [4.78, 5) is 22.8. The molecule has 2 aromatic rings. The monoisotopic (exact) mass is 559 g/mol. The lowest BCUT2D eigenvalue weighted by Gasteiger charge is -2.36. The first-order chi connectivity index (χ1) is 15.0. The molecule has 1 N–H and O–H groups in total. The number of hydrogen-bond acceptors (Lipinski definition) is 4. The number of furan rings is 1. The molecule has 2 aliphatic rings. The Labute approximate surface area is 203 Å². The van der Waals surface area contributed by atoms with Crippen molar-refractivity contribution in [3.63, 3.8) is 0 Å². The number of nitrogens with one attached hydrogen (secondary N) is 1. The zero-order valence-corrected chi connectivity index (χ0v) is 20.3. The molecule has 1 aromatic carbocycles. The number of guanidine groups is 1. The van der Waals surface area contributed by atoms with E-state index in [1.165, 1.54) is 18.4 Å². The SMILES string of the molecule is CN=C(NCC1CCN(c2ccc(F)c(F)c2)C1)N1CCN(C(=O)c2ccco2)CC1.I. The summed E-state index contributed by atoms with van der Waals surface area (Å²) in [7, 11) is 1.75. The summed E-state index contributed by atoms with van der Waals surface area (Å²) in [5.41, 5.74) is 0.711. The lowest BCUT2D eigenvalue weighted by atomic mass is 10.1. The number of carbonyl (C=O) groups is 1. The van der Waals surface area contributed by atoms with E-state index in [4.69, 9.17) is 4.42 Å². The topological polar surface area (TPSA) is 64.3 Å². The maximum atomic E-state index is 13.5. The van der Waals surface area contributed by atoms with Gasteiger partial charge in [-0.1, -0.05) is 0 Å². The third-order valence-electron chi connectivity index (χ3n) is 5.91. The third-order valence-corrected chi connectivity index (χ3v) is 5.91. The van der Waals surface area contributed by atoms with E-state index < -0.39 is 11.6 Å². The Morgan fingerprint density at radius 3 is 2.53 bits per heavy atom. The molecule has 174 valence electrons. The van der Waals surface area contributed by atoms with Gasteiger partial charge in [-0.2, -0.15) is 0 Å². The molecular weight excluding hydrogens is 531 g/mol. The highest BCUT2D eigenvalue weighted by molar-refractivity contribution is 14.0. The number of piperazine rings is 1. The average Bonchev–Trinajstić information content (AvgIpc) is 3.48. The Balaban J connectivity index is 0.00000289. The van der Waals surface area contributed by atoms with Crippen LogP contribution in [0.5, 0.6) is 0 Å². The molecule has 0 bridgehead atoms. The maximum Gasteiger partial charge on any atom is 0.289 e. The van der Waals surface area contributed by atoms with Crippen LogP contribution in [0.25, 0.3) is 0 Å². The highest BCUT2D eigenvalue weighted by Gasteiger charge is 2.27. The number of halogens is 3. The van der Waals surface area contributed by atoms with Gasteiger partial charge >= 0.3 is 0 Å². The summed E-state index contributed by atoms with van der Waals surface area (Å²) >= 11 is 0. The van der Waals surface area contributed by atoms with E-state index in [2.05, 4.69) is 20.1 Å². The number of amides is 1. The number of anilines is 1. The molecule has 0 aliphatic carbocycles. The van der Waals surface area contributed by atoms with Crippen LogP contribution in [0.1, 0.15) is 17.0 Å². The average molecular weight is 559 g/mol. The number of hydrogen-bond donors (Lipinski definition) is 1. The number of rotatable bonds is 4. The van der Waals surface area contributed by atoms with Gasteiger partial charge in [-0.3, -0.25) is 9.79 Å². The Hall–Kier alpha value is -2.37. The van der Waals surface area contributed by atoms with Crippen molar-refractivity contribution in [1.82, 2.24) is 15.1 Å². The quantitative estimate of drug-likeness (QED) is 0.355. The molecule has 3 heterocycles. The predicted octanol–water partition coefficient (Wildman–Crippen LogP) is 3.04. The molecule has 4 rings (SSSR count). The Morgan fingerprint density at radius 1 is 1.12 bits per heavy atom. The summed E-state index contributed by atoms with van der Waals surface area (Å²) < 4.78 is 31.9. The van der Waals surface area contributed by atoms with Gasteiger partial charge in [-0.25, -0.2) is 8.78 Å². The molecule has 7 nitrogen and oxygen atoms in total. The van der Waals surface area contributed by atoms with Crippen LogP contribution in [-0.2, 0) is 0 Å². The smallest absolute Gasteiger partial charge is 0.289 e. The van der Waals surface area contributed by atoms with Gasteiger partial charge in [0.15, 0.2) is 23.4 Å². The molecule has 10 heteroatoms. The molecule has 1 unspecified atom stereocenters. The first-order valence-electron chi connectivity index (χ1n) is 10.5. The van der Waals surface area contributed by atoms with Crippen LogP contribution < -0.4 is 10.2 Å². The summed E-state index contributed by atoms with van der Waals surface area (Å²) in [6.07, 6.45) is 2.47. The summed E-state index contributed by atoms with van der Waals surface area (Å²) in [5, 5.41) is 3.44. The van der Waals surface area contributed by atoms with Gasteiger partial charge in [-0.15, -0.1) is 24.0 Å². The molecule has 1 amide bonds. The summed E-state index contributed by atoms with van der Waals surface area (Å²) in [6.45, 7) is 4.93. The van der Waals surface area contributed by atoms with Gasteiger partial charge in [0.1, 0.15) is 0 Å². The minimum atomic E-state index is -0.823. The van der Waals surface area contributed by atoms with Gasteiger partial charge in [-0.05, 0) is 36.6 Å². The Bertz CT molecular complexity index is 932. The van der Waals surface area contributed by atoms with Crippen molar-refractivity contribution < 1.29 is 18.0 Å². The van der Waals surface area contributed by atoms with E-state index in [0.29, 0.717) is 43.5 Å². The molecule has 2 saturated heterocycles. The van der Waals surface area contributed by atoms with E-state index in [0.717, 1.165) is 32.0 Å². The van der Waals surface area contributed by atoms with Gasteiger partial charge in [0, 0.05) is 64.6 Å². The molecule has 2 fully saturated rings. The van der Waals surface area contributed by atoms with E-state index in [1.807, 2.05) is 0 Å². The van der Waals surface area contributed by atoms with Crippen LogP contribution >= 0.6 is 24.0 Å². The minimum Gasteiger partial charge on any atom is -0.459 e. The van der Waals surface area contributed by atoms with Crippen LogP contribution in [0.3, 0.4) is 0 Å². The van der Waals surface area contributed by atoms with Gasteiger partial charge in [0.05, 0.1) is 6.26 Å². The van der Waals surface area contributed by atoms with Crippen LogP contribution in [0.15, 0.2) is 46.0 Å². The van der Waals surface area contributed by atoms with Gasteiger partial charge in [0.25, 0.3) is 5.91 Å². The molecule has 0 radical (unpaired) electrons. The molecular formula is C22H28F2IN5O2. The number of benzene rings is 1. The fraction of sp³-hybridized carbons (Fsp3) is 0.455. The maximum absolute atomic E-state index is 13.5. The molecule has 32 heavy (non-hydrogen) atoms. The van der Waals surface area contributed by atoms with Crippen LogP contribution in [0.4, 0.5) is 14.5 Å². The van der Waals surface area contributed by atoms with Crippen molar-refractivity contribution in [3.05, 3.63) is 54.0 Å². The largest absolute Gasteiger partial charge is 0.459 e. The molecule has 0 spiro atoms. The first-order valence-corrected chi connectivity index (χ1v) is 10.5. The third kappa shape index (κ3) is 5.51. The van der Waals surface area contributed by atoms with Crippen molar-refractivity contribution in [2.24, 2.45) is 10.9 Å². The van der Waals surface area contributed by atoms with E-state index in [9.17, 15) is 13.6 Å². The van der Waals surface area contributed by atoms with Crippen LogP contribution in [0, 0.1) is 17.6 Å². The molecule has 2 aliphatic heterocycles. The second-order valence-corrected chi connectivity index (χ2v) is 7.88. The standard InChI is InChI=1S/C22H27F2N5O2.HI/c1-25-22(28-10-8-27(9-11-28)21(30)20-3-2-12-31-20)26-14-16-6-7-29(15-16)17-4-5-18(23)19(24)13-17;/h2-5,12-13,16H,6-11,14-15H2,1H3,(H,25,26);1H. The van der Waals surface area contributed by atoms with Crippen molar-refractivity contribution in [2.75, 3.05) is 57.8 Å². The van der Waals surface area contributed by atoms with Crippen LogP contribution in [0.2, 0.25) is 0 Å². The fourth-order valence-electron chi connectivity index (χ4n) is 4.16. The molecule has 1 atom stereocenters. The first kappa shape index (κ1) is 24.3. The highest BCUT2D eigenvalue weighted by Crippen LogP contribution is 2.25. The van der Waals surface area contributed by atoms with Crippen molar-refractivity contribution in [1.29, 1.82) is 0 Å². The zero-order valence-electron chi connectivity index (χ0n) is 18.0. The van der Waals surface area contributed by atoms with E-state index in [1.54, 1.807) is 30.1 Å². The molecule has 1 aromatic heterocycles. The fourth-order valence-corrected chi connectivity index (χ4v) is 4.16. The van der Waals surface area contributed by atoms with Gasteiger partial charge < -0.3 is 24.4 Å². The summed E-state index contributed by atoms with van der Waals surface area (Å²) in [6, 6.07) is 7.45. The lowest BCUT2D eigenvalue weighted by Crippen LogP contribution is -2.54. The highest BCUT2D eigenvalue weighted by atomic mass is 127. The minimum absolute atomic E-state index is 0. The second-order valence-electron chi connectivity index (χ2n) is 7.88. The van der Waals surface area contributed by atoms with Crippen molar-refractivity contribution >= 4 is 41.5 Å². The van der Waals surface area contributed by atoms with Crippen LogP contribution in [-0.4, -0.2) is 74.5 Å².